The van der Waals surface area contributed by atoms with Gasteiger partial charge in [0.25, 0.3) is 0 Å². The van der Waals surface area contributed by atoms with E-state index in [2.05, 4.69) is 62.6 Å². The topological polar surface area (TPSA) is 25.2 Å². The van der Waals surface area contributed by atoms with E-state index in [-0.39, 0.29) is 0 Å². The Labute approximate surface area is 122 Å². The van der Waals surface area contributed by atoms with Crippen LogP contribution in [0.25, 0.3) is 0 Å². The summed E-state index contributed by atoms with van der Waals surface area (Å²) in [6.45, 7) is 4.61. The standard InChI is InChI=1S/C18H25NO/c1-4-14(2)18(16-8-6-5-7-9-16)17(19-3)12-15-10-11-20-13-15/h5-11,13-14,17-19H,4,12H2,1-3H3. The quantitative estimate of drug-likeness (QED) is 0.815. The largest absolute Gasteiger partial charge is 0.472 e. The van der Waals surface area contributed by atoms with Crippen molar-refractivity contribution in [1.82, 2.24) is 5.32 Å². The van der Waals surface area contributed by atoms with Crippen molar-refractivity contribution in [1.29, 1.82) is 0 Å². The first kappa shape index (κ1) is 14.9. The van der Waals surface area contributed by atoms with Crippen LogP contribution in [-0.4, -0.2) is 13.1 Å². The van der Waals surface area contributed by atoms with Crippen molar-refractivity contribution in [2.75, 3.05) is 7.05 Å². The summed E-state index contributed by atoms with van der Waals surface area (Å²) in [6.07, 6.45) is 5.78. The lowest BCUT2D eigenvalue weighted by Crippen LogP contribution is -2.37. The zero-order valence-electron chi connectivity index (χ0n) is 12.7. The Morgan fingerprint density at radius 1 is 1.15 bits per heavy atom. The monoisotopic (exact) mass is 271 g/mol. The fraction of sp³-hybridized carbons (Fsp3) is 0.444. The Balaban J connectivity index is 2.24. The number of likely N-dealkylation sites (N-methyl/N-ethyl adjacent to an activating group) is 1. The number of rotatable bonds is 7. The SMILES string of the molecule is CCC(C)C(c1ccccc1)C(Cc1ccoc1)NC. The Hall–Kier alpha value is -1.54. The third-order valence-corrected chi connectivity index (χ3v) is 4.28. The van der Waals surface area contributed by atoms with Crippen molar-refractivity contribution in [2.24, 2.45) is 5.92 Å². The van der Waals surface area contributed by atoms with Gasteiger partial charge in [-0.05, 0) is 36.6 Å². The van der Waals surface area contributed by atoms with Gasteiger partial charge in [0.05, 0.1) is 12.5 Å². The predicted molar refractivity (Wildman–Crippen MR) is 83.9 cm³/mol. The van der Waals surface area contributed by atoms with Crippen LogP contribution in [0.1, 0.15) is 37.3 Å². The van der Waals surface area contributed by atoms with E-state index in [0.717, 1.165) is 6.42 Å². The molecule has 2 rings (SSSR count). The Kier molecular flexibility index (Phi) is 5.42. The molecule has 2 nitrogen and oxygen atoms in total. The minimum absolute atomic E-state index is 0.421. The molecule has 0 fully saturated rings. The molecule has 0 radical (unpaired) electrons. The second-order valence-corrected chi connectivity index (χ2v) is 5.55. The molecule has 3 atom stereocenters. The summed E-state index contributed by atoms with van der Waals surface area (Å²) in [4.78, 5) is 0. The van der Waals surface area contributed by atoms with E-state index in [1.165, 1.54) is 17.5 Å². The minimum atomic E-state index is 0.421. The second-order valence-electron chi connectivity index (χ2n) is 5.55. The van der Waals surface area contributed by atoms with E-state index < -0.39 is 0 Å². The Morgan fingerprint density at radius 2 is 1.90 bits per heavy atom. The lowest BCUT2D eigenvalue weighted by atomic mass is 9.78. The molecular formula is C18H25NO. The van der Waals surface area contributed by atoms with Gasteiger partial charge in [-0.2, -0.15) is 0 Å². The highest BCUT2D eigenvalue weighted by Gasteiger charge is 2.26. The summed E-state index contributed by atoms with van der Waals surface area (Å²) in [6, 6.07) is 13.3. The highest BCUT2D eigenvalue weighted by atomic mass is 16.3. The fourth-order valence-electron chi connectivity index (χ4n) is 2.96. The molecule has 0 aliphatic carbocycles. The third kappa shape index (κ3) is 3.51. The van der Waals surface area contributed by atoms with Crippen LogP contribution in [0, 0.1) is 5.92 Å². The van der Waals surface area contributed by atoms with Gasteiger partial charge in [-0.1, -0.05) is 50.6 Å². The molecule has 20 heavy (non-hydrogen) atoms. The molecule has 0 amide bonds. The average molecular weight is 271 g/mol. The van der Waals surface area contributed by atoms with E-state index in [4.69, 9.17) is 4.42 Å². The lowest BCUT2D eigenvalue weighted by Gasteiger charge is -2.32. The molecule has 2 aromatic rings. The molecule has 108 valence electrons. The Morgan fingerprint density at radius 3 is 2.45 bits per heavy atom. The first-order valence-electron chi connectivity index (χ1n) is 7.49. The van der Waals surface area contributed by atoms with Crippen molar-refractivity contribution in [3.8, 4) is 0 Å². The van der Waals surface area contributed by atoms with Crippen LogP contribution in [0.2, 0.25) is 0 Å². The number of nitrogens with one attached hydrogen (secondary N) is 1. The molecule has 0 bridgehead atoms. The van der Waals surface area contributed by atoms with Gasteiger partial charge in [0.15, 0.2) is 0 Å². The van der Waals surface area contributed by atoms with Crippen molar-refractivity contribution < 1.29 is 4.42 Å². The zero-order valence-corrected chi connectivity index (χ0v) is 12.7. The van der Waals surface area contributed by atoms with Crippen LogP contribution >= 0.6 is 0 Å². The van der Waals surface area contributed by atoms with Crippen molar-refractivity contribution >= 4 is 0 Å². The zero-order chi connectivity index (χ0) is 14.4. The van der Waals surface area contributed by atoms with Gasteiger partial charge in [0.1, 0.15) is 0 Å². The maximum absolute atomic E-state index is 5.20. The van der Waals surface area contributed by atoms with E-state index in [1.807, 2.05) is 6.26 Å². The van der Waals surface area contributed by atoms with Gasteiger partial charge >= 0.3 is 0 Å². The summed E-state index contributed by atoms with van der Waals surface area (Å²) >= 11 is 0. The summed E-state index contributed by atoms with van der Waals surface area (Å²) < 4.78 is 5.20. The molecule has 0 aliphatic rings. The summed E-state index contributed by atoms with van der Waals surface area (Å²) in [5, 5.41) is 3.51. The van der Waals surface area contributed by atoms with E-state index in [1.54, 1.807) is 6.26 Å². The van der Waals surface area contributed by atoms with Crippen LogP contribution in [0.4, 0.5) is 0 Å². The van der Waals surface area contributed by atoms with Crippen LogP contribution in [0.15, 0.2) is 53.3 Å². The van der Waals surface area contributed by atoms with Gasteiger partial charge in [-0.3, -0.25) is 0 Å². The lowest BCUT2D eigenvalue weighted by molar-refractivity contribution is 0.345. The molecule has 1 N–H and O–H groups in total. The highest BCUT2D eigenvalue weighted by molar-refractivity contribution is 5.23. The smallest absolute Gasteiger partial charge is 0.0935 e. The normalized spacial score (nSPS) is 15.8. The molecule has 3 unspecified atom stereocenters. The third-order valence-electron chi connectivity index (χ3n) is 4.28. The number of benzene rings is 1. The Bertz CT molecular complexity index is 477. The molecule has 0 spiro atoms. The van der Waals surface area contributed by atoms with E-state index in [0.29, 0.717) is 17.9 Å². The summed E-state index contributed by atoms with van der Waals surface area (Å²) in [7, 11) is 2.06. The average Bonchev–Trinajstić information content (AvgIpc) is 3.00. The molecule has 2 heteroatoms. The van der Waals surface area contributed by atoms with Crippen LogP contribution in [-0.2, 0) is 6.42 Å². The molecular weight excluding hydrogens is 246 g/mol. The molecule has 0 aliphatic heterocycles. The maximum atomic E-state index is 5.20. The van der Waals surface area contributed by atoms with Gasteiger partial charge in [-0.15, -0.1) is 0 Å². The summed E-state index contributed by atoms with van der Waals surface area (Å²) in [5.41, 5.74) is 2.68. The summed E-state index contributed by atoms with van der Waals surface area (Å²) in [5.74, 6) is 1.16. The van der Waals surface area contributed by atoms with Gasteiger partial charge < -0.3 is 9.73 Å². The van der Waals surface area contributed by atoms with Crippen molar-refractivity contribution in [3.63, 3.8) is 0 Å². The van der Waals surface area contributed by atoms with E-state index >= 15 is 0 Å². The van der Waals surface area contributed by atoms with Crippen LogP contribution < -0.4 is 5.32 Å². The van der Waals surface area contributed by atoms with Gasteiger partial charge in [0, 0.05) is 12.0 Å². The fourth-order valence-corrected chi connectivity index (χ4v) is 2.96. The molecule has 0 saturated heterocycles. The molecule has 1 aromatic carbocycles. The molecule has 1 heterocycles. The van der Waals surface area contributed by atoms with Crippen LogP contribution in [0.3, 0.4) is 0 Å². The van der Waals surface area contributed by atoms with Crippen molar-refractivity contribution in [2.45, 2.75) is 38.6 Å². The second kappa shape index (κ2) is 7.30. The minimum Gasteiger partial charge on any atom is -0.472 e. The predicted octanol–water partition coefficient (Wildman–Crippen LogP) is 4.24. The number of furan rings is 1. The first-order valence-corrected chi connectivity index (χ1v) is 7.49. The first-order chi connectivity index (χ1) is 9.76. The van der Waals surface area contributed by atoms with E-state index in [9.17, 15) is 0 Å². The molecule has 1 aromatic heterocycles. The maximum Gasteiger partial charge on any atom is 0.0935 e. The molecule has 0 saturated carbocycles. The number of hydrogen-bond donors (Lipinski definition) is 1. The highest BCUT2D eigenvalue weighted by Crippen LogP contribution is 2.31. The van der Waals surface area contributed by atoms with Crippen LogP contribution in [0.5, 0.6) is 0 Å². The number of hydrogen-bond acceptors (Lipinski definition) is 2. The van der Waals surface area contributed by atoms with Crippen molar-refractivity contribution in [3.05, 3.63) is 60.1 Å². The van der Waals surface area contributed by atoms with Gasteiger partial charge in [-0.25, -0.2) is 0 Å². The van der Waals surface area contributed by atoms with Gasteiger partial charge in [0.2, 0.25) is 0 Å².